The minimum Gasteiger partial charge on any atom is -0.395 e. The highest BCUT2D eigenvalue weighted by Gasteiger charge is 2.07. The Hall–Kier alpha value is 0.930. The van der Waals surface area contributed by atoms with Gasteiger partial charge in [-0.15, -0.1) is 11.8 Å². The van der Waals surface area contributed by atoms with Crippen LogP contribution in [0.5, 0.6) is 0 Å². The minimum atomic E-state index is 0.294. The van der Waals surface area contributed by atoms with Crippen LogP contribution in [0.3, 0.4) is 0 Å². The number of hydrogen-bond donors (Lipinski definition) is 3. The monoisotopic (exact) mass is 296 g/mol. The van der Waals surface area contributed by atoms with Crippen LogP contribution in [0.4, 0.5) is 0 Å². The lowest BCUT2D eigenvalue weighted by molar-refractivity contribution is 0.301. The molecule has 0 radical (unpaired) electrons. The zero-order valence-electron chi connectivity index (χ0n) is 10.3. The summed E-state index contributed by atoms with van der Waals surface area (Å²) in [4.78, 5) is 0. The molecule has 1 aliphatic rings. The van der Waals surface area contributed by atoms with Gasteiger partial charge in [0.05, 0.1) is 6.61 Å². The molecule has 0 amide bonds. The highest BCUT2D eigenvalue weighted by molar-refractivity contribution is 8.03. The summed E-state index contributed by atoms with van der Waals surface area (Å²) in [5, 5.41) is 16.5. The summed E-state index contributed by atoms with van der Waals surface area (Å²) in [5.74, 6) is 5.64. The van der Waals surface area contributed by atoms with Crippen molar-refractivity contribution in [2.75, 3.05) is 55.1 Å². The van der Waals surface area contributed by atoms with Gasteiger partial charge in [-0.1, -0.05) is 0 Å². The quantitative estimate of drug-likeness (QED) is 0.673. The van der Waals surface area contributed by atoms with Gasteiger partial charge in [0.25, 0.3) is 0 Å². The Morgan fingerprint density at radius 2 is 1.82 bits per heavy atom. The van der Waals surface area contributed by atoms with Crippen molar-refractivity contribution in [2.45, 2.75) is 11.7 Å². The van der Waals surface area contributed by atoms with Gasteiger partial charge in [0, 0.05) is 41.5 Å². The molecule has 1 fully saturated rings. The zero-order valence-corrected chi connectivity index (χ0v) is 12.8. The topological polar surface area (TPSA) is 44.3 Å². The van der Waals surface area contributed by atoms with E-state index in [0.29, 0.717) is 11.9 Å². The van der Waals surface area contributed by atoms with Crippen molar-refractivity contribution < 1.29 is 5.11 Å². The highest BCUT2D eigenvalue weighted by Crippen LogP contribution is 2.15. The minimum absolute atomic E-state index is 0.294. The zero-order chi connectivity index (χ0) is 12.2. The Morgan fingerprint density at radius 3 is 2.65 bits per heavy atom. The number of nitrogens with one attached hydrogen (secondary N) is 2. The maximum Gasteiger partial charge on any atom is 0.0558 e. The lowest BCUT2D eigenvalue weighted by Gasteiger charge is -2.13. The Bertz CT molecular complexity index is 159. The van der Waals surface area contributed by atoms with Gasteiger partial charge < -0.3 is 15.7 Å². The molecule has 0 aromatic heterocycles. The molecule has 0 saturated carbocycles. The molecule has 0 aliphatic carbocycles. The molecule has 0 bridgehead atoms. The number of aliphatic hydroxyl groups is 1. The van der Waals surface area contributed by atoms with Crippen LogP contribution >= 0.6 is 35.3 Å². The molecule has 3 N–H and O–H groups in total. The number of rotatable bonds is 1. The molecule has 6 heteroatoms. The summed E-state index contributed by atoms with van der Waals surface area (Å²) in [5.41, 5.74) is 0. The summed E-state index contributed by atoms with van der Waals surface area (Å²) in [6.07, 6.45) is 1.24. The normalized spacial score (nSPS) is 27.0. The molecule has 3 nitrogen and oxygen atoms in total. The predicted molar refractivity (Wildman–Crippen MR) is 83.5 cm³/mol. The third-order valence-corrected chi connectivity index (χ3v) is 5.99. The molecule has 0 aromatic carbocycles. The molecule has 17 heavy (non-hydrogen) atoms. The van der Waals surface area contributed by atoms with E-state index in [2.05, 4.69) is 10.6 Å². The molecular weight excluding hydrogens is 272 g/mol. The summed E-state index contributed by atoms with van der Waals surface area (Å²) in [6.45, 7) is 3.60. The fraction of sp³-hybridized carbons (Fsp3) is 1.00. The second-order valence-corrected chi connectivity index (χ2v) is 7.57. The Kier molecular flexibility index (Phi) is 11.3. The summed E-state index contributed by atoms with van der Waals surface area (Å²) in [6, 6.07) is 0. The molecule has 0 spiro atoms. The number of thioether (sulfide) groups is 3. The lowest BCUT2D eigenvalue weighted by atomic mass is 10.5. The SMILES string of the molecule is OCC1CSCCNCCSCCCNCS1. The molecule has 1 heterocycles. The van der Waals surface area contributed by atoms with Gasteiger partial charge in [-0.3, -0.25) is 0 Å². The smallest absolute Gasteiger partial charge is 0.0558 e. The van der Waals surface area contributed by atoms with Crippen LogP contribution in [0.1, 0.15) is 6.42 Å². The average molecular weight is 297 g/mol. The van der Waals surface area contributed by atoms with E-state index in [0.717, 1.165) is 37.0 Å². The third-order valence-electron chi connectivity index (χ3n) is 2.42. The van der Waals surface area contributed by atoms with Crippen molar-refractivity contribution in [3.63, 3.8) is 0 Å². The van der Waals surface area contributed by atoms with Gasteiger partial charge in [-0.2, -0.15) is 23.5 Å². The van der Waals surface area contributed by atoms with E-state index in [1.807, 2.05) is 35.3 Å². The molecular formula is C11H24N2OS3. The van der Waals surface area contributed by atoms with Crippen molar-refractivity contribution in [2.24, 2.45) is 0 Å². The highest BCUT2D eigenvalue weighted by atomic mass is 32.2. The predicted octanol–water partition coefficient (Wildman–Crippen LogP) is 1.09. The van der Waals surface area contributed by atoms with E-state index in [9.17, 15) is 5.11 Å². The first-order valence-corrected chi connectivity index (χ1v) is 9.58. The van der Waals surface area contributed by atoms with Crippen LogP contribution in [-0.4, -0.2) is 65.5 Å². The van der Waals surface area contributed by atoms with Crippen LogP contribution in [0.25, 0.3) is 0 Å². The van der Waals surface area contributed by atoms with Crippen LogP contribution in [0.2, 0.25) is 0 Å². The van der Waals surface area contributed by atoms with E-state index in [1.54, 1.807) is 0 Å². The van der Waals surface area contributed by atoms with Crippen LogP contribution in [0.15, 0.2) is 0 Å². The van der Waals surface area contributed by atoms with E-state index in [4.69, 9.17) is 0 Å². The fourth-order valence-electron chi connectivity index (χ4n) is 1.43. The number of hydrogen-bond acceptors (Lipinski definition) is 6. The first-order valence-electron chi connectivity index (χ1n) is 6.23. The third kappa shape index (κ3) is 9.50. The molecule has 1 aliphatic heterocycles. The molecule has 0 aromatic rings. The Labute approximate surface area is 118 Å². The van der Waals surface area contributed by atoms with Crippen molar-refractivity contribution >= 4 is 35.3 Å². The van der Waals surface area contributed by atoms with Crippen molar-refractivity contribution in [1.29, 1.82) is 0 Å². The summed E-state index contributed by atoms with van der Waals surface area (Å²) < 4.78 is 0. The largest absolute Gasteiger partial charge is 0.395 e. The van der Waals surface area contributed by atoms with E-state index in [-0.39, 0.29) is 0 Å². The maximum atomic E-state index is 9.26. The van der Waals surface area contributed by atoms with Gasteiger partial charge in [0.2, 0.25) is 0 Å². The van der Waals surface area contributed by atoms with Crippen molar-refractivity contribution in [3.8, 4) is 0 Å². The summed E-state index contributed by atoms with van der Waals surface area (Å²) in [7, 11) is 0. The molecule has 102 valence electrons. The molecule has 1 atom stereocenters. The standard InChI is InChI=1S/C11H24N2OS3/c14-8-11-9-16-7-4-12-3-6-15-5-1-2-13-10-17-11/h11-14H,1-10H2. The van der Waals surface area contributed by atoms with Crippen LogP contribution in [-0.2, 0) is 0 Å². The Morgan fingerprint density at radius 1 is 1.00 bits per heavy atom. The van der Waals surface area contributed by atoms with Gasteiger partial charge in [-0.05, 0) is 18.7 Å². The van der Waals surface area contributed by atoms with Crippen LogP contribution < -0.4 is 10.6 Å². The van der Waals surface area contributed by atoms with Crippen LogP contribution in [0, 0.1) is 0 Å². The number of aliphatic hydroxyl groups excluding tert-OH is 1. The van der Waals surface area contributed by atoms with E-state index < -0.39 is 0 Å². The fourth-order valence-corrected chi connectivity index (χ4v) is 4.37. The second kappa shape index (κ2) is 12.0. The first-order chi connectivity index (χ1) is 8.43. The van der Waals surface area contributed by atoms with Gasteiger partial charge in [-0.25, -0.2) is 0 Å². The van der Waals surface area contributed by atoms with E-state index >= 15 is 0 Å². The maximum absolute atomic E-state index is 9.26. The van der Waals surface area contributed by atoms with Gasteiger partial charge in [0.15, 0.2) is 0 Å². The average Bonchev–Trinajstić information content (AvgIpc) is 2.36. The molecule has 1 saturated heterocycles. The first kappa shape index (κ1) is 16.0. The van der Waals surface area contributed by atoms with Crippen molar-refractivity contribution in [1.82, 2.24) is 10.6 Å². The van der Waals surface area contributed by atoms with Gasteiger partial charge in [0.1, 0.15) is 0 Å². The van der Waals surface area contributed by atoms with E-state index in [1.165, 1.54) is 17.9 Å². The lowest BCUT2D eigenvalue weighted by Crippen LogP contribution is -2.22. The van der Waals surface area contributed by atoms with Gasteiger partial charge >= 0.3 is 0 Å². The summed E-state index contributed by atoms with van der Waals surface area (Å²) >= 11 is 5.82. The molecule has 1 unspecified atom stereocenters. The Balaban J connectivity index is 2.16. The molecule has 1 rings (SSSR count). The van der Waals surface area contributed by atoms with Crippen molar-refractivity contribution in [3.05, 3.63) is 0 Å². The second-order valence-electron chi connectivity index (χ2n) is 3.91.